The highest BCUT2D eigenvalue weighted by atomic mass is 16.5. The summed E-state index contributed by atoms with van der Waals surface area (Å²) in [6.07, 6.45) is 0. The molecule has 1 saturated heterocycles. The summed E-state index contributed by atoms with van der Waals surface area (Å²) in [4.78, 5) is 46.7. The first kappa shape index (κ1) is 26.1. The number of nitrogens with zero attached hydrogens (tertiary/aromatic N) is 5. The molecule has 0 radical (unpaired) electrons. The highest BCUT2D eigenvalue weighted by Gasteiger charge is 2.26. The quantitative estimate of drug-likeness (QED) is 0.361. The van der Waals surface area contributed by atoms with E-state index in [0.717, 1.165) is 30.7 Å². The number of fused-ring (bicyclic) bond motifs is 1. The molecule has 0 spiro atoms. The Morgan fingerprint density at radius 2 is 1.62 bits per heavy atom. The van der Waals surface area contributed by atoms with Gasteiger partial charge in [-0.05, 0) is 12.1 Å². The van der Waals surface area contributed by atoms with E-state index >= 15 is 0 Å². The monoisotopic (exact) mass is 517 g/mol. The maximum Gasteiger partial charge on any atom is 0.338 e. The van der Waals surface area contributed by atoms with Gasteiger partial charge in [-0.1, -0.05) is 0 Å². The van der Waals surface area contributed by atoms with Gasteiger partial charge in [-0.3, -0.25) is 13.9 Å². The van der Waals surface area contributed by atoms with E-state index in [1.165, 1.54) is 50.0 Å². The lowest BCUT2D eigenvalue weighted by Gasteiger charge is -2.31. The first-order chi connectivity index (χ1) is 17.7. The van der Waals surface area contributed by atoms with Gasteiger partial charge in [0, 0.05) is 14.1 Å². The van der Waals surface area contributed by atoms with E-state index in [1.54, 1.807) is 11.6 Å². The Kier molecular flexibility index (Phi) is 7.43. The maximum absolute atomic E-state index is 13.1. The minimum Gasteiger partial charge on any atom is -0.493 e. The molecule has 1 N–H and O–H groups in total. The molecule has 2 aromatic heterocycles. The van der Waals surface area contributed by atoms with Crippen LogP contribution < -0.4 is 35.3 Å². The van der Waals surface area contributed by atoms with Crippen molar-refractivity contribution in [1.82, 2.24) is 18.7 Å². The lowest BCUT2D eigenvalue weighted by molar-refractivity contribution is -0.880. The topological polar surface area (TPSA) is 123 Å². The van der Waals surface area contributed by atoms with Gasteiger partial charge >= 0.3 is 11.7 Å². The van der Waals surface area contributed by atoms with Crippen LogP contribution in [0.1, 0.15) is 10.4 Å². The van der Waals surface area contributed by atoms with Crippen molar-refractivity contribution in [3.8, 4) is 17.2 Å². The Morgan fingerprint density at radius 1 is 1.00 bits per heavy atom. The fourth-order valence-electron chi connectivity index (χ4n) is 4.49. The van der Waals surface area contributed by atoms with Gasteiger partial charge in [0.05, 0.1) is 66.7 Å². The number of aromatic nitrogens is 4. The number of esters is 1. The Labute approximate surface area is 213 Å². The minimum absolute atomic E-state index is 0.0288. The molecule has 3 aromatic rings. The number of nitrogens with one attached hydrogen (secondary N) is 1. The molecule has 37 heavy (non-hydrogen) atoms. The maximum atomic E-state index is 13.1. The fraction of sp³-hybridized carbons (Fsp3) is 0.500. The van der Waals surface area contributed by atoms with Crippen LogP contribution in [-0.2, 0) is 25.4 Å². The van der Waals surface area contributed by atoms with E-state index in [2.05, 4.69) is 16.9 Å². The largest absolute Gasteiger partial charge is 0.493 e. The summed E-state index contributed by atoms with van der Waals surface area (Å²) in [7, 11) is 9.56. The SMILES string of the molecule is COc1cc(C(=O)OCCn2c(N3CC[NH+](C)CC3)nc3c2c(=O)n(C)c(=O)n3C)cc(OC)c1OC. The second kappa shape index (κ2) is 10.5. The number of carbonyl (C=O) groups is 1. The van der Waals surface area contributed by atoms with E-state index in [4.69, 9.17) is 18.9 Å². The van der Waals surface area contributed by atoms with Crippen molar-refractivity contribution < 1.29 is 28.6 Å². The third-order valence-electron chi connectivity index (χ3n) is 6.68. The van der Waals surface area contributed by atoms with Crippen molar-refractivity contribution in [2.24, 2.45) is 14.1 Å². The summed E-state index contributed by atoms with van der Waals surface area (Å²) in [6, 6.07) is 3.03. The lowest BCUT2D eigenvalue weighted by atomic mass is 10.2. The van der Waals surface area contributed by atoms with Crippen molar-refractivity contribution >= 4 is 23.1 Å². The van der Waals surface area contributed by atoms with Crippen LogP contribution in [0.25, 0.3) is 11.2 Å². The number of likely N-dealkylation sites (N-methyl/N-ethyl adjacent to an activating group) is 1. The predicted molar refractivity (Wildman–Crippen MR) is 135 cm³/mol. The van der Waals surface area contributed by atoms with Gasteiger partial charge in [0.25, 0.3) is 5.56 Å². The molecule has 1 aliphatic heterocycles. The van der Waals surface area contributed by atoms with E-state index < -0.39 is 17.2 Å². The first-order valence-corrected chi connectivity index (χ1v) is 11.9. The van der Waals surface area contributed by atoms with E-state index in [9.17, 15) is 14.4 Å². The number of imidazole rings is 1. The fourth-order valence-corrected chi connectivity index (χ4v) is 4.49. The van der Waals surface area contributed by atoms with Crippen molar-refractivity contribution in [3.63, 3.8) is 0 Å². The standard InChI is InChI=1S/C24H32N6O7/c1-26-7-9-29(10-8-26)23-25-20-18(21(31)28(3)24(33)27(20)2)30(23)11-12-37-22(32)15-13-16(34-4)19(36-6)17(14-15)35-5/h13-14H,7-12H2,1-6H3/p+1. The lowest BCUT2D eigenvalue weighted by Crippen LogP contribution is -3.12. The molecule has 0 aliphatic carbocycles. The molecule has 13 heteroatoms. The summed E-state index contributed by atoms with van der Waals surface area (Å²) in [5.74, 6) is 1.02. The molecule has 1 aromatic carbocycles. The van der Waals surface area contributed by atoms with Gasteiger partial charge in [0.1, 0.15) is 6.61 Å². The zero-order chi connectivity index (χ0) is 26.9. The first-order valence-electron chi connectivity index (χ1n) is 11.9. The molecular weight excluding hydrogens is 484 g/mol. The van der Waals surface area contributed by atoms with Gasteiger partial charge in [-0.25, -0.2) is 9.59 Å². The number of hydrogen-bond acceptors (Lipinski definition) is 9. The van der Waals surface area contributed by atoms with Gasteiger partial charge in [0.2, 0.25) is 11.7 Å². The molecule has 1 fully saturated rings. The van der Waals surface area contributed by atoms with Crippen LogP contribution in [-0.4, -0.2) is 85.8 Å². The molecule has 200 valence electrons. The van der Waals surface area contributed by atoms with Crippen molar-refractivity contribution in [2.75, 3.05) is 66.1 Å². The molecule has 0 amide bonds. The molecule has 0 unspecified atom stereocenters. The Morgan fingerprint density at radius 3 is 2.19 bits per heavy atom. The molecule has 0 saturated carbocycles. The van der Waals surface area contributed by atoms with Crippen LogP contribution in [0, 0.1) is 0 Å². The average molecular weight is 518 g/mol. The van der Waals surface area contributed by atoms with E-state index in [0.29, 0.717) is 28.8 Å². The van der Waals surface area contributed by atoms with Crippen LogP contribution in [0.2, 0.25) is 0 Å². The molecule has 0 atom stereocenters. The molecular formula is C24H33N6O7+. The summed E-state index contributed by atoms with van der Waals surface area (Å²) in [5, 5.41) is 0. The van der Waals surface area contributed by atoms with Gasteiger partial charge in [0.15, 0.2) is 22.7 Å². The number of benzene rings is 1. The average Bonchev–Trinajstić information content (AvgIpc) is 3.29. The number of aryl methyl sites for hydroxylation is 1. The summed E-state index contributed by atoms with van der Waals surface area (Å²) >= 11 is 0. The highest BCUT2D eigenvalue weighted by molar-refractivity contribution is 5.91. The summed E-state index contributed by atoms with van der Waals surface area (Å²) in [5.41, 5.74) is -0.0940. The van der Waals surface area contributed by atoms with Gasteiger partial charge in [-0.2, -0.15) is 4.98 Å². The zero-order valence-corrected chi connectivity index (χ0v) is 22.0. The van der Waals surface area contributed by atoms with Gasteiger partial charge < -0.3 is 33.3 Å². The van der Waals surface area contributed by atoms with Crippen molar-refractivity contribution in [2.45, 2.75) is 6.54 Å². The number of piperazine rings is 1. The Bertz CT molecular complexity index is 1410. The van der Waals surface area contributed by atoms with Gasteiger partial charge in [-0.15, -0.1) is 0 Å². The third kappa shape index (κ3) is 4.73. The predicted octanol–water partition coefficient (Wildman–Crippen LogP) is -1.35. The van der Waals surface area contributed by atoms with E-state index in [1.807, 2.05) is 0 Å². The number of ether oxygens (including phenoxy) is 4. The molecule has 0 bridgehead atoms. The highest BCUT2D eigenvalue weighted by Crippen LogP contribution is 2.38. The number of carbonyl (C=O) groups excluding carboxylic acids is 1. The van der Waals surface area contributed by atoms with Crippen LogP contribution in [0.4, 0.5) is 5.95 Å². The van der Waals surface area contributed by atoms with E-state index in [-0.39, 0.29) is 24.2 Å². The number of hydrogen-bond donors (Lipinski definition) is 1. The van der Waals surface area contributed by atoms with Crippen molar-refractivity contribution in [3.05, 3.63) is 38.5 Å². The molecule has 4 rings (SSSR count). The smallest absolute Gasteiger partial charge is 0.338 e. The zero-order valence-electron chi connectivity index (χ0n) is 22.0. The summed E-state index contributed by atoms with van der Waals surface area (Å²) < 4.78 is 25.7. The van der Waals surface area contributed by atoms with Crippen LogP contribution >= 0.6 is 0 Å². The van der Waals surface area contributed by atoms with Crippen LogP contribution in [0.5, 0.6) is 17.2 Å². The number of anilines is 1. The second-order valence-electron chi connectivity index (χ2n) is 8.94. The number of rotatable bonds is 8. The van der Waals surface area contributed by atoms with Crippen molar-refractivity contribution in [1.29, 1.82) is 0 Å². The Hall–Kier alpha value is -4.00. The second-order valence-corrected chi connectivity index (χ2v) is 8.94. The third-order valence-corrected chi connectivity index (χ3v) is 6.68. The Balaban J connectivity index is 1.65. The van der Waals surface area contributed by atoms with Crippen LogP contribution in [0.3, 0.4) is 0 Å². The molecule has 3 heterocycles. The number of methoxy groups -OCH3 is 3. The molecule has 1 aliphatic rings. The number of quaternary nitrogens is 1. The van der Waals surface area contributed by atoms with Crippen LogP contribution in [0.15, 0.2) is 21.7 Å². The summed E-state index contributed by atoms with van der Waals surface area (Å²) in [6.45, 7) is 3.46. The minimum atomic E-state index is -0.589. The molecule has 13 nitrogen and oxygen atoms in total. The normalized spacial score (nSPS) is 14.2.